The molecular weight excluding hydrogens is 350 g/mol. The van der Waals surface area contributed by atoms with Crippen molar-refractivity contribution in [3.05, 3.63) is 76.9 Å². The number of rotatable bonds is 5. The van der Waals surface area contributed by atoms with Gasteiger partial charge in [0.1, 0.15) is 11.6 Å². The molecule has 0 aliphatic rings. The minimum absolute atomic E-state index is 0.225. The highest BCUT2D eigenvalue weighted by atomic mass is 35.5. The Labute approximate surface area is 157 Å². The Hall–Kier alpha value is -3.05. The molecule has 3 aromatic rings. The van der Waals surface area contributed by atoms with Gasteiger partial charge < -0.3 is 15.4 Å². The molecule has 0 unspecified atom stereocenters. The second-order valence-electron chi connectivity index (χ2n) is 5.70. The predicted molar refractivity (Wildman–Crippen MR) is 105 cm³/mol. The second kappa shape index (κ2) is 7.89. The lowest BCUT2D eigenvalue weighted by Crippen LogP contribution is -2.12. The number of hydrogen-bond acceptors (Lipinski definition) is 4. The zero-order chi connectivity index (χ0) is 18.5. The normalized spacial score (nSPS) is 10.3. The maximum atomic E-state index is 12.5. The fourth-order valence-corrected chi connectivity index (χ4v) is 2.68. The largest absolute Gasteiger partial charge is 0.497 e. The van der Waals surface area contributed by atoms with Crippen LogP contribution in [0.4, 0.5) is 17.2 Å². The third-order valence-electron chi connectivity index (χ3n) is 3.80. The summed E-state index contributed by atoms with van der Waals surface area (Å²) in [7, 11) is 1.58. The Morgan fingerprint density at radius 1 is 1.12 bits per heavy atom. The molecule has 0 aliphatic carbocycles. The number of benzene rings is 2. The Morgan fingerprint density at radius 2 is 1.96 bits per heavy atom. The average Bonchev–Trinajstić information content (AvgIpc) is 2.64. The molecule has 0 saturated carbocycles. The van der Waals surface area contributed by atoms with Gasteiger partial charge in [-0.25, -0.2) is 4.98 Å². The van der Waals surface area contributed by atoms with Crippen LogP contribution in [0.3, 0.4) is 0 Å². The van der Waals surface area contributed by atoms with Gasteiger partial charge in [0.25, 0.3) is 5.91 Å². The third-order valence-corrected chi connectivity index (χ3v) is 4.04. The van der Waals surface area contributed by atoms with Gasteiger partial charge in [0.05, 0.1) is 7.11 Å². The zero-order valence-corrected chi connectivity index (χ0v) is 15.2. The number of amides is 1. The van der Waals surface area contributed by atoms with Gasteiger partial charge in [-0.2, -0.15) is 0 Å². The SMILES string of the molecule is COc1cccc(NC(=O)c2ccnc(Nc3ccc(Cl)cc3C)c2)c1. The maximum Gasteiger partial charge on any atom is 0.255 e. The number of methoxy groups -OCH3 is 1. The van der Waals surface area contributed by atoms with E-state index in [-0.39, 0.29) is 5.91 Å². The van der Waals surface area contributed by atoms with Crippen molar-refractivity contribution in [2.24, 2.45) is 0 Å². The number of carbonyl (C=O) groups is 1. The molecule has 0 aliphatic heterocycles. The van der Waals surface area contributed by atoms with Crippen molar-refractivity contribution in [3.8, 4) is 5.75 Å². The van der Waals surface area contributed by atoms with Crippen molar-refractivity contribution in [2.45, 2.75) is 6.92 Å². The molecule has 0 radical (unpaired) electrons. The van der Waals surface area contributed by atoms with Gasteiger partial charge >= 0.3 is 0 Å². The van der Waals surface area contributed by atoms with Gasteiger partial charge in [-0.15, -0.1) is 0 Å². The number of anilines is 3. The summed E-state index contributed by atoms with van der Waals surface area (Å²) in [5.74, 6) is 1.03. The number of halogens is 1. The predicted octanol–water partition coefficient (Wildman–Crippen LogP) is 5.05. The number of aryl methyl sites for hydroxylation is 1. The standard InChI is InChI=1S/C20H18ClN3O2/c1-13-10-15(21)6-7-18(13)24-19-11-14(8-9-22-19)20(25)23-16-4-3-5-17(12-16)26-2/h3-12H,1-2H3,(H,22,24)(H,23,25). The topological polar surface area (TPSA) is 63.2 Å². The lowest BCUT2D eigenvalue weighted by Gasteiger charge is -2.11. The summed E-state index contributed by atoms with van der Waals surface area (Å²) in [5, 5.41) is 6.73. The first-order valence-electron chi connectivity index (χ1n) is 8.00. The van der Waals surface area contributed by atoms with Crippen molar-refractivity contribution in [2.75, 3.05) is 17.7 Å². The maximum absolute atomic E-state index is 12.5. The van der Waals surface area contributed by atoms with E-state index in [2.05, 4.69) is 15.6 Å². The number of carbonyl (C=O) groups excluding carboxylic acids is 1. The Morgan fingerprint density at radius 3 is 2.73 bits per heavy atom. The highest BCUT2D eigenvalue weighted by molar-refractivity contribution is 6.30. The Kier molecular flexibility index (Phi) is 5.39. The molecule has 2 N–H and O–H groups in total. The lowest BCUT2D eigenvalue weighted by molar-refractivity contribution is 0.102. The van der Waals surface area contributed by atoms with Crippen molar-refractivity contribution >= 4 is 34.7 Å². The fourth-order valence-electron chi connectivity index (χ4n) is 2.45. The molecule has 0 bridgehead atoms. The Bertz CT molecular complexity index is 944. The summed E-state index contributed by atoms with van der Waals surface area (Å²) < 4.78 is 5.17. The van der Waals surface area contributed by atoms with Crippen molar-refractivity contribution in [1.29, 1.82) is 0 Å². The van der Waals surface area contributed by atoms with Crippen LogP contribution in [0.1, 0.15) is 15.9 Å². The summed E-state index contributed by atoms with van der Waals surface area (Å²) in [4.78, 5) is 16.8. The van der Waals surface area contributed by atoms with Crippen LogP contribution in [-0.4, -0.2) is 18.0 Å². The molecule has 3 rings (SSSR count). The van der Waals surface area contributed by atoms with E-state index in [1.54, 1.807) is 43.6 Å². The first-order chi connectivity index (χ1) is 12.5. The monoisotopic (exact) mass is 367 g/mol. The van der Waals surface area contributed by atoms with E-state index in [1.165, 1.54) is 0 Å². The van der Waals surface area contributed by atoms with Gasteiger partial charge in [0, 0.05) is 34.2 Å². The lowest BCUT2D eigenvalue weighted by atomic mass is 10.2. The van der Waals surface area contributed by atoms with E-state index in [0.717, 1.165) is 11.3 Å². The van der Waals surface area contributed by atoms with Gasteiger partial charge in [0.2, 0.25) is 0 Å². The quantitative estimate of drug-likeness (QED) is 0.662. The second-order valence-corrected chi connectivity index (χ2v) is 6.14. The number of aromatic nitrogens is 1. The smallest absolute Gasteiger partial charge is 0.255 e. The molecule has 1 heterocycles. The van der Waals surface area contributed by atoms with Crippen molar-refractivity contribution < 1.29 is 9.53 Å². The van der Waals surface area contributed by atoms with E-state index >= 15 is 0 Å². The summed E-state index contributed by atoms with van der Waals surface area (Å²) >= 11 is 5.98. The van der Waals surface area contributed by atoms with E-state index in [1.807, 2.05) is 31.2 Å². The molecule has 26 heavy (non-hydrogen) atoms. The van der Waals surface area contributed by atoms with Crippen molar-refractivity contribution in [3.63, 3.8) is 0 Å². The van der Waals surface area contributed by atoms with E-state index in [9.17, 15) is 4.79 Å². The summed E-state index contributed by atoms with van der Waals surface area (Å²) in [6, 6.07) is 16.1. The molecule has 1 aromatic heterocycles. The van der Waals surface area contributed by atoms with Crippen LogP contribution in [0.25, 0.3) is 0 Å². The molecule has 0 fully saturated rings. The molecule has 6 heteroatoms. The molecule has 0 saturated heterocycles. The third kappa shape index (κ3) is 4.32. The van der Waals surface area contributed by atoms with E-state index < -0.39 is 0 Å². The molecule has 0 atom stereocenters. The first kappa shape index (κ1) is 17.8. The molecule has 5 nitrogen and oxygen atoms in total. The van der Waals surface area contributed by atoms with Gasteiger partial charge in [-0.1, -0.05) is 17.7 Å². The van der Waals surface area contributed by atoms with E-state index in [4.69, 9.17) is 16.3 Å². The van der Waals surface area contributed by atoms with E-state index in [0.29, 0.717) is 27.8 Å². The summed E-state index contributed by atoms with van der Waals surface area (Å²) in [5.41, 5.74) is 3.03. The zero-order valence-electron chi connectivity index (χ0n) is 14.4. The highest BCUT2D eigenvalue weighted by Crippen LogP contribution is 2.23. The summed E-state index contributed by atoms with van der Waals surface area (Å²) in [6.07, 6.45) is 1.59. The highest BCUT2D eigenvalue weighted by Gasteiger charge is 2.09. The molecular formula is C20H18ClN3O2. The number of nitrogens with zero attached hydrogens (tertiary/aromatic N) is 1. The minimum atomic E-state index is -0.225. The molecule has 132 valence electrons. The molecule has 1 amide bonds. The number of hydrogen-bond donors (Lipinski definition) is 2. The molecule has 2 aromatic carbocycles. The van der Waals surface area contributed by atoms with Crippen LogP contribution in [0, 0.1) is 6.92 Å². The van der Waals surface area contributed by atoms with Crippen LogP contribution < -0.4 is 15.4 Å². The Balaban J connectivity index is 1.76. The average molecular weight is 368 g/mol. The van der Waals surface area contributed by atoms with Crippen molar-refractivity contribution in [1.82, 2.24) is 4.98 Å². The summed E-state index contributed by atoms with van der Waals surface area (Å²) in [6.45, 7) is 1.95. The number of nitrogens with one attached hydrogen (secondary N) is 2. The number of pyridine rings is 1. The van der Waals surface area contributed by atoms with Crippen LogP contribution >= 0.6 is 11.6 Å². The van der Waals surface area contributed by atoms with Gasteiger partial charge in [-0.05, 0) is 55.0 Å². The van der Waals surface area contributed by atoms with Crippen LogP contribution in [-0.2, 0) is 0 Å². The fraction of sp³-hybridized carbons (Fsp3) is 0.100. The number of ether oxygens (including phenoxy) is 1. The van der Waals surface area contributed by atoms with Gasteiger partial charge in [-0.3, -0.25) is 4.79 Å². The van der Waals surface area contributed by atoms with Crippen LogP contribution in [0.2, 0.25) is 5.02 Å². The van der Waals surface area contributed by atoms with Crippen LogP contribution in [0.15, 0.2) is 60.8 Å². The van der Waals surface area contributed by atoms with Gasteiger partial charge in [0.15, 0.2) is 0 Å². The van der Waals surface area contributed by atoms with Crippen LogP contribution in [0.5, 0.6) is 5.75 Å². The first-order valence-corrected chi connectivity index (χ1v) is 8.37. The molecule has 0 spiro atoms. The minimum Gasteiger partial charge on any atom is -0.497 e.